The van der Waals surface area contributed by atoms with Crippen LogP contribution >= 0.6 is 11.6 Å². The number of rotatable bonds is 4. The summed E-state index contributed by atoms with van der Waals surface area (Å²) in [7, 11) is 0. The molecule has 0 atom stereocenters. The van der Waals surface area contributed by atoms with Gasteiger partial charge >= 0.3 is 5.63 Å². The molecule has 1 aliphatic heterocycles. The molecule has 5 heteroatoms. The Hall–Kier alpha value is -2.82. The number of halogens is 1. The Balaban J connectivity index is 1.28. The first kappa shape index (κ1) is 19.2. The molecule has 0 saturated carbocycles. The second-order valence-electron chi connectivity index (χ2n) is 7.95. The van der Waals surface area contributed by atoms with Crippen LogP contribution in [-0.2, 0) is 6.54 Å². The van der Waals surface area contributed by atoms with Crippen molar-refractivity contribution in [3.05, 3.63) is 87.7 Å². The third-order valence-electron chi connectivity index (χ3n) is 5.93. The molecule has 5 rings (SSSR count). The molecule has 1 N–H and O–H groups in total. The Morgan fingerprint density at radius 1 is 0.967 bits per heavy atom. The lowest BCUT2D eigenvalue weighted by molar-refractivity contribution is 0.212. The molecule has 152 valence electrons. The van der Waals surface area contributed by atoms with E-state index in [1.54, 1.807) is 12.1 Å². The van der Waals surface area contributed by atoms with E-state index >= 15 is 0 Å². The van der Waals surface area contributed by atoms with Crippen LogP contribution in [0.5, 0.6) is 0 Å². The topological polar surface area (TPSA) is 45.5 Å². The van der Waals surface area contributed by atoms with Gasteiger partial charge in [-0.25, -0.2) is 4.79 Å². The lowest BCUT2D eigenvalue weighted by Gasteiger charge is -2.33. The maximum Gasteiger partial charge on any atom is 0.338 e. The van der Waals surface area contributed by atoms with Crippen molar-refractivity contribution in [3.8, 4) is 0 Å². The molecule has 0 unspecified atom stereocenters. The van der Waals surface area contributed by atoms with Crippen molar-refractivity contribution in [1.82, 2.24) is 4.90 Å². The zero-order valence-corrected chi connectivity index (χ0v) is 17.4. The summed E-state index contributed by atoms with van der Waals surface area (Å²) in [5, 5.41) is 7.66. The highest BCUT2D eigenvalue weighted by Gasteiger charge is 2.20. The Kier molecular flexibility index (Phi) is 5.19. The molecule has 1 fully saturated rings. The molecule has 1 aliphatic rings. The summed E-state index contributed by atoms with van der Waals surface area (Å²) >= 11 is 6.16. The van der Waals surface area contributed by atoms with Gasteiger partial charge in [0.1, 0.15) is 5.58 Å². The van der Waals surface area contributed by atoms with Crippen molar-refractivity contribution in [3.63, 3.8) is 0 Å². The predicted octanol–water partition coefficient (Wildman–Crippen LogP) is 5.68. The minimum atomic E-state index is -0.347. The fraction of sp³-hybridized carbons (Fsp3) is 0.240. The molecule has 3 aromatic carbocycles. The van der Waals surface area contributed by atoms with Gasteiger partial charge in [0.25, 0.3) is 0 Å². The van der Waals surface area contributed by atoms with E-state index in [-0.39, 0.29) is 5.63 Å². The summed E-state index contributed by atoms with van der Waals surface area (Å²) in [6.45, 7) is 2.99. The minimum absolute atomic E-state index is 0.317. The van der Waals surface area contributed by atoms with Crippen molar-refractivity contribution in [2.24, 2.45) is 0 Å². The molecule has 30 heavy (non-hydrogen) atoms. The van der Waals surface area contributed by atoms with Crippen LogP contribution in [0, 0.1) is 0 Å². The molecular formula is C25H23ClN2O2. The number of nitrogens with zero attached hydrogens (tertiary/aromatic N) is 1. The van der Waals surface area contributed by atoms with Gasteiger partial charge in [0.05, 0.1) is 5.69 Å². The largest absolute Gasteiger partial charge is 0.423 e. The SMILES string of the molecule is O=c1cc(NC2CCN(Cc3cccc4ccccc34)CC2)c2cc(Cl)ccc2o1. The number of benzene rings is 3. The van der Waals surface area contributed by atoms with E-state index in [0.29, 0.717) is 16.6 Å². The van der Waals surface area contributed by atoms with Crippen LogP contribution in [0.25, 0.3) is 21.7 Å². The van der Waals surface area contributed by atoms with Crippen LogP contribution in [0.4, 0.5) is 5.69 Å². The van der Waals surface area contributed by atoms with Crippen molar-refractivity contribution < 1.29 is 4.42 Å². The van der Waals surface area contributed by atoms with Crippen LogP contribution < -0.4 is 10.9 Å². The molecule has 4 aromatic rings. The Morgan fingerprint density at radius 3 is 2.63 bits per heavy atom. The van der Waals surface area contributed by atoms with Crippen LogP contribution in [0.3, 0.4) is 0 Å². The molecule has 4 nitrogen and oxygen atoms in total. The molecule has 0 radical (unpaired) electrons. The number of fused-ring (bicyclic) bond motifs is 2. The summed E-state index contributed by atoms with van der Waals surface area (Å²) in [6.07, 6.45) is 2.04. The highest BCUT2D eigenvalue weighted by molar-refractivity contribution is 6.31. The number of hydrogen-bond donors (Lipinski definition) is 1. The average molecular weight is 419 g/mol. The van der Waals surface area contributed by atoms with Gasteiger partial charge in [0.2, 0.25) is 0 Å². The Bertz CT molecular complexity index is 1250. The normalized spacial score (nSPS) is 15.6. The standard InChI is InChI=1S/C25H23ClN2O2/c26-19-8-9-24-22(14-19)23(15-25(29)30-24)27-20-10-12-28(13-11-20)16-18-6-3-5-17-4-1-2-7-21(17)18/h1-9,14-15,20,27H,10-13,16H2. The van der Waals surface area contributed by atoms with Crippen LogP contribution in [0.15, 0.2) is 75.9 Å². The number of piperidine rings is 1. The molecule has 0 aliphatic carbocycles. The number of hydrogen-bond acceptors (Lipinski definition) is 4. The molecule has 1 aromatic heterocycles. The second-order valence-corrected chi connectivity index (χ2v) is 8.39. The van der Waals surface area contributed by atoms with Gasteiger partial charge in [-0.15, -0.1) is 0 Å². The zero-order chi connectivity index (χ0) is 20.5. The first-order valence-corrected chi connectivity index (χ1v) is 10.7. The van der Waals surface area contributed by atoms with E-state index in [0.717, 1.165) is 43.5 Å². The fourth-order valence-electron chi connectivity index (χ4n) is 4.38. The van der Waals surface area contributed by atoms with Gasteiger partial charge in [-0.2, -0.15) is 0 Å². The summed E-state index contributed by atoms with van der Waals surface area (Å²) in [4.78, 5) is 14.5. The molecule has 0 bridgehead atoms. The van der Waals surface area contributed by atoms with Crippen molar-refractivity contribution in [2.75, 3.05) is 18.4 Å². The third-order valence-corrected chi connectivity index (χ3v) is 6.16. The number of anilines is 1. The van der Waals surface area contributed by atoms with Crippen molar-refractivity contribution >= 4 is 39.0 Å². The zero-order valence-electron chi connectivity index (χ0n) is 16.6. The number of likely N-dealkylation sites (tertiary alicyclic amines) is 1. The smallest absolute Gasteiger partial charge is 0.338 e. The van der Waals surface area contributed by atoms with Gasteiger partial charge in [-0.3, -0.25) is 4.90 Å². The van der Waals surface area contributed by atoms with Gasteiger partial charge in [-0.1, -0.05) is 54.1 Å². The second kappa shape index (κ2) is 8.13. The summed E-state index contributed by atoms with van der Waals surface area (Å²) in [6, 6.07) is 22.3. The van der Waals surface area contributed by atoms with E-state index in [1.165, 1.54) is 22.4 Å². The van der Waals surface area contributed by atoms with Crippen molar-refractivity contribution in [2.45, 2.75) is 25.4 Å². The summed E-state index contributed by atoms with van der Waals surface area (Å²) < 4.78 is 5.30. The van der Waals surface area contributed by atoms with E-state index in [4.69, 9.17) is 16.0 Å². The first-order chi connectivity index (χ1) is 14.7. The van der Waals surface area contributed by atoms with Crippen LogP contribution in [0.1, 0.15) is 18.4 Å². The van der Waals surface area contributed by atoms with Crippen molar-refractivity contribution in [1.29, 1.82) is 0 Å². The lowest BCUT2D eigenvalue weighted by Crippen LogP contribution is -2.38. The maximum absolute atomic E-state index is 11.9. The van der Waals surface area contributed by atoms with Gasteiger partial charge in [-0.05, 0) is 47.4 Å². The Morgan fingerprint density at radius 2 is 1.77 bits per heavy atom. The van der Waals surface area contributed by atoms with E-state index in [2.05, 4.69) is 52.7 Å². The van der Waals surface area contributed by atoms with E-state index in [9.17, 15) is 4.79 Å². The first-order valence-electron chi connectivity index (χ1n) is 10.3. The lowest BCUT2D eigenvalue weighted by atomic mass is 10.0. The van der Waals surface area contributed by atoms with Gasteiger partial charge < -0.3 is 9.73 Å². The molecule has 0 spiro atoms. The van der Waals surface area contributed by atoms with Gasteiger partial charge in [0, 0.05) is 42.2 Å². The molecule has 1 saturated heterocycles. The molecular weight excluding hydrogens is 396 g/mol. The molecule has 0 amide bonds. The predicted molar refractivity (Wildman–Crippen MR) is 123 cm³/mol. The minimum Gasteiger partial charge on any atom is -0.423 e. The summed E-state index contributed by atoms with van der Waals surface area (Å²) in [5.41, 5.74) is 2.39. The Labute approximate surface area is 180 Å². The highest BCUT2D eigenvalue weighted by Crippen LogP contribution is 2.28. The highest BCUT2D eigenvalue weighted by atomic mass is 35.5. The molecule has 2 heterocycles. The maximum atomic E-state index is 11.9. The monoisotopic (exact) mass is 418 g/mol. The third kappa shape index (κ3) is 3.93. The van der Waals surface area contributed by atoms with E-state index in [1.807, 2.05) is 6.07 Å². The van der Waals surface area contributed by atoms with Crippen LogP contribution in [-0.4, -0.2) is 24.0 Å². The quantitative estimate of drug-likeness (QED) is 0.433. The fourth-order valence-corrected chi connectivity index (χ4v) is 4.55. The van der Waals surface area contributed by atoms with Gasteiger partial charge in [0.15, 0.2) is 0 Å². The average Bonchev–Trinajstić information content (AvgIpc) is 2.76. The van der Waals surface area contributed by atoms with Crippen LogP contribution in [0.2, 0.25) is 5.02 Å². The number of nitrogens with one attached hydrogen (secondary N) is 1. The van der Waals surface area contributed by atoms with E-state index < -0.39 is 0 Å². The summed E-state index contributed by atoms with van der Waals surface area (Å²) in [5.74, 6) is 0.